The summed E-state index contributed by atoms with van der Waals surface area (Å²) in [7, 11) is 1.66. The number of fused-ring (bicyclic) bond motifs is 1. The van der Waals surface area contributed by atoms with Gasteiger partial charge < -0.3 is 10.0 Å². The number of halogens is 1. The van der Waals surface area contributed by atoms with Crippen LogP contribution in [0.3, 0.4) is 0 Å². The second kappa shape index (κ2) is 4.08. The molecule has 1 aliphatic heterocycles. The van der Waals surface area contributed by atoms with Gasteiger partial charge in [0.25, 0.3) is 5.91 Å². The molecule has 0 aliphatic carbocycles. The third-order valence-corrected chi connectivity index (χ3v) is 3.78. The van der Waals surface area contributed by atoms with Crippen molar-refractivity contribution in [3.63, 3.8) is 0 Å². The average Bonchev–Trinajstić information content (AvgIpc) is 2.63. The van der Waals surface area contributed by atoms with E-state index in [9.17, 15) is 9.90 Å². The van der Waals surface area contributed by atoms with E-state index >= 15 is 0 Å². The fourth-order valence-corrected chi connectivity index (χ4v) is 2.64. The molecule has 4 heteroatoms. The Bertz CT molecular complexity index is 653. The third-order valence-electron chi connectivity index (χ3n) is 3.53. The van der Waals surface area contributed by atoms with Crippen molar-refractivity contribution in [2.45, 2.75) is 5.60 Å². The van der Waals surface area contributed by atoms with Crippen LogP contribution in [0.2, 0.25) is 5.02 Å². The van der Waals surface area contributed by atoms with E-state index in [2.05, 4.69) is 0 Å². The number of likely N-dealkylation sites (N-methyl/N-ethyl adjacent to an activating group) is 1. The molecular weight excluding hydrogens is 262 g/mol. The molecular formula is C15H12ClNO2. The quantitative estimate of drug-likeness (QED) is 0.867. The molecule has 0 spiro atoms. The Hall–Kier alpha value is -1.84. The number of benzene rings is 2. The molecule has 19 heavy (non-hydrogen) atoms. The van der Waals surface area contributed by atoms with Gasteiger partial charge in [-0.15, -0.1) is 0 Å². The Kier molecular flexibility index (Phi) is 2.62. The van der Waals surface area contributed by atoms with Gasteiger partial charge in [-0.05, 0) is 23.8 Å². The Morgan fingerprint density at radius 2 is 1.74 bits per heavy atom. The Morgan fingerprint density at radius 1 is 1.11 bits per heavy atom. The lowest BCUT2D eigenvalue weighted by Gasteiger charge is -2.22. The second-order valence-corrected chi connectivity index (χ2v) is 5.04. The summed E-state index contributed by atoms with van der Waals surface area (Å²) in [6.45, 7) is 0. The molecule has 2 aromatic rings. The normalized spacial score (nSPS) is 21.6. The number of rotatable bonds is 1. The molecule has 1 atom stereocenters. The van der Waals surface area contributed by atoms with Crippen molar-refractivity contribution in [1.82, 2.24) is 0 Å². The molecule has 3 nitrogen and oxygen atoms in total. The Balaban J connectivity index is 2.24. The van der Waals surface area contributed by atoms with Gasteiger partial charge >= 0.3 is 0 Å². The van der Waals surface area contributed by atoms with Gasteiger partial charge in [0.1, 0.15) is 0 Å². The fourth-order valence-electron chi connectivity index (χ4n) is 2.51. The van der Waals surface area contributed by atoms with Crippen molar-refractivity contribution >= 4 is 23.2 Å². The highest BCUT2D eigenvalue weighted by atomic mass is 35.5. The summed E-state index contributed by atoms with van der Waals surface area (Å²) in [6.07, 6.45) is 0. The van der Waals surface area contributed by atoms with Crippen molar-refractivity contribution in [3.8, 4) is 0 Å². The summed E-state index contributed by atoms with van der Waals surface area (Å²) in [5.74, 6) is -0.351. The predicted molar refractivity (Wildman–Crippen MR) is 74.3 cm³/mol. The molecule has 96 valence electrons. The van der Waals surface area contributed by atoms with E-state index in [0.29, 0.717) is 16.1 Å². The van der Waals surface area contributed by atoms with E-state index in [1.807, 2.05) is 18.2 Å². The summed E-state index contributed by atoms with van der Waals surface area (Å²) in [5, 5.41) is 11.5. The molecule has 1 N–H and O–H groups in total. The molecule has 0 unspecified atom stereocenters. The zero-order chi connectivity index (χ0) is 13.6. The number of nitrogens with zero attached hydrogens (tertiary/aromatic N) is 1. The van der Waals surface area contributed by atoms with Crippen LogP contribution in [-0.2, 0) is 10.4 Å². The van der Waals surface area contributed by atoms with Gasteiger partial charge in [0.15, 0.2) is 5.60 Å². The number of carbonyl (C=O) groups excluding carboxylic acids is 1. The predicted octanol–water partition coefficient (Wildman–Crippen LogP) is 2.55. The first-order valence-electron chi connectivity index (χ1n) is 5.91. The first-order chi connectivity index (χ1) is 9.05. The van der Waals surface area contributed by atoms with Crippen LogP contribution in [0.5, 0.6) is 0 Å². The minimum absolute atomic E-state index is 0.351. The number of anilines is 1. The van der Waals surface area contributed by atoms with Crippen molar-refractivity contribution in [3.05, 3.63) is 64.7 Å². The average molecular weight is 274 g/mol. The maximum Gasteiger partial charge on any atom is 0.268 e. The number of hydrogen-bond donors (Lipinski definition) is 1. The summed E-state index contributed by atoms with van der Waals surface area (Å²) in [4.78, 5) is 13.9. The van der Waals surface area contributed by atoms with Crippen LogP contribution in [0.4, 0.5) is 5.69 Å². The highest BCUT2D eigenvalue weighted by Gasteiger charge is 2.49. The first kappa shape index (κ1) is 12.2. The van der Waals surface area contributed by atoms with E-state index in [1.54, 1.807) is 37.4 Å². The van der Waals surface area contributed by atoms with Crippen molar-refractivity contribution in [2.75, 3.05) is 11.9 Å². The van der Waals surface area contributed by atoms with Crippen LogP contribution in [-0.4, -0.2) is 18.1 Å². The largest absolute Gasteiger partial charge is 0.372 e. The highest BCUT2D eigenvalue weighted by molar-refractivity contribution is 6.30. The smallest absolute Gasteiger partial charge is 0.268 e. The van der Waals surface area contributed by atoms with E-state index in [-0.39, 0.29) is 5.91 Å². The Labute approximate surface area is 116 Å². The minimum atomic E-state index is -1.63. The van der Waals surface area contributed by atoms with Gasteiger partial charge in [0, 0.05) is 17.6 Å². The molecule has 2 aromatic carbocycles. The number of hydrogen-bond acceptors (Lipinski definition) is 2. The van der Waals surface area contributed by atoms with Crippen LogP contribution in [0.25, 0.3) is 0 Å². The molecule has 0 bridgehead atoms. The topological polar surface area (TPSA) is 40.5 Å². The maximum absolute atomic E-state index is 12.4. The molecule has 0 radical (unpaired) electrons. The van der Waals surface area contributed by atoms with Crippen LogP contribution < -0.4 is 4.90 Å². The van der Waals surface area contributed by atoms with Crippen LogP contribution in [0.15, 0.2) is 48.5 Å². The maximum atomic E-state index is 12.4. The van der Waals surface area contributed by atoms with Crippen molar-refractivity contribution in [1.29, 1.82) is 0 Å². The monoisotopic (exact) mass is 273 g/mol. The van der Waals surface area contributed by atoms with Crippen LogP contribution >= 0.6 is 11.6 Å². The zero-order valence-electron chi connectivity index (χ0n) is 10.3. The molecule has 1 heterocycles. The molecule has 0 saturated heterocycles. The van der Waals surface area contributed by atoms with E-state index in [0.717, 1.165) is 5.69 Å². The van der Waals surface area contributed by atoms with Crippen LogP contribution in [0.1, 0.15) is 11.1 Å². The van der Waals surface area contributed by atoms with Gasteiger partial charge in [-0.25, -0.2) is 0 Å². The van der Waals surface area contributed by atoms with E-state index in [4.69, 9.17) is 11.6 Å². The second-order valence-electron chi connectivity index (χ2n) is 4.60. The molecule has 1 amide bonds. The van der Waals surface area contributed by atoms with Gasteiger partial charge in [0.2, 0.25) is 0 Å². The van der Waals surface area contributed by atoms with Crippen molar-refractivity contribution < 1.29 is 9.90 Å². The zero-order valence-corrected chi connectivity index (χ0v) is 11.1. The lowest BCUT2D eigenvalue weighted by molar-refractivity contribution is -0.131. The highest BCUT2D eigenvalue weighted by Crippen LogP contribution is 2.43. The number of para-hydroxylation sites is 1. The molecule has 1 aliphatic rings. The summed E-state index contributed by atoms with van der Waals surface area (Å²) < 4.78 is 0. The first-order valence-corrected chi connectivity index (χ1v) is 6.29. The third kappa shape index (κ3) is 1.59. The summed E-state index contributed by atoms with van der Waals surface area (Å²) >= 11 is 5.85. The van der Waals surface area contributed by atoms with Crippen molar-refractivity contribution in [2.24, 2.45) is 0 Å². The SMILES string of the molecule is CN1C(=O)[C@](O)(c2ccc(Cl)cc2)c2ccccc21. The number of aliphatic hydroxyl groups is 1. The fraction of sp³-hybridized carbons (Fsp3) is 0.133. The van der Waals surface area contributed by atoms with Gasteiger partial charge in [0.05, 0.1) is 5.69 Å². The molecule has 0 aromatic heterocycles. The molecule has 3 rings (SSSR count). The van der Waals surface area contributed by atoms with E-state index in [1.165, 1.54) is 4.90 Å². The number of amides is 1. The summed E-state index contributed by atoms with van der Waals surface area (Å²) in [6, 6.07) is 13.9. The minimum Gasteiger partial charge on any atom is -0.372 e. The number of carbonyl (C=O) groups is 1. The lowest BCUT2D eigenvalue weighted by atomic mass is 9.88. The molecule has 0 fully saturated rings. The lowest BCUT2D eigenvalue weighted by Crippen LogP contribution is -2.39. The van der Waals surface area contributed by atoms with Gasteiger partial charge in [-0.3, -0.25) is 4.79 Å². The van der Waals surface area contributed by atoms with Gasteiger partial charge in [-0.2, -0.15) is 0 Å². The standard InChI is InChI=1S/C15H12ClNO2/c1-17-13-5-3-2-4-12(13)15(19,14(17)18)10-6-8-11(16)9-7-10/h2-9,19H,1H3/t15-/m0/s1. The Morgan fingerprint density at radius 3 is 2.42 bits per heavy atom. The summed E-state index contributed by atoms with van der Waals surface area (Å²) in [5.41, 5.74) is 0.226. The van der Waals surface area contributed by atoms with Gasteiger partial charge in [-0.1, -0.05) is 41.9 Å². The van der Waals surface area contributed by atoms with Crippen LogP contribution in [0, 0.1) is 0 Å². The molecule has 0 saturated carbocycles. The van der Waals surface area contributed by atoms with E-state index < -0.39 is 5.60 Å².